The van der Waals surface area contributed by atoms with E-state index in [1.54, 1.807) is 12.1 Å². The van der Waals surface area contributed by atoms with Crippen LogP contribution in [0.4, 0.5) is 4.39 Å². The fraction of sp³-hybridized carbons (Fsp3) is 0.647. The first-order chi connectivity index (χ1) is 9.99. The molecule has 21 heavy (non-hydrogen) atoms. The Bertz CT molecular complexity index is 456. The van der Waals surface area contributed by atoms with Crippen LogP contribution in [0.1, 0.15) is 45.1 Å². The highest BCUT2D eigenvalue weighted by atomic mass is 35.5. The summed E-state index contributed by atoms with van der Waals surface area (Å²) in [4.78, 5) is 2.36. The molecule has 2 unspecified atom stereocenters. The Kier molecular flexibility index (Phi) is 5.64. The van der Waals surface area contributed by atoms with Gasteiger partial charge in [-0.25, -0.2) is 4.39 Å². The van der Waals surface area contributed by atoms with Crippen LogP contribution < -0.4 is 0 Å². The van der Waals surface area contributed by atoms with Crippen molar-refractivity contribution in [3.8, 4) is 0 Å². The van der Waals surface area contributed by atoms with Gasteiger partial charge in [-0.1, -0.05) is 31.0 Å². The predicted molar refractivity (Wildman–Crippen MR) is 85.2 cm³/mol. The highest BCUT2D eigenvalue weighted by Gasteiger charge is 2.38. The molecule has 1 aliphatic heterocycles. The highest BCUT2D eigenvalue weighted by molar-refractivity contribution is 6.31. The third-order valence-corrected chi connectivity index (χ3v) is 5.33. The van der Waals surface area contributed by atoms with E-state index in [2.05, 4.69) is 18.7 Å². The quantitative estimate of drug-likeness (QED) is 0.887. The third kappa shape index (κ3) is 3.58. The van der Waals surface area contributed by atoms with Gasteiger partial charge in [-0.3, -0.25) is 4.90 Å². The standard InChI is InChI=1S/C17H25ClFNO/c1-3-17(2,20-10-5-4-6-11-20)16(21)12-13-14(18)8-7-9-15(13)19/h7-9,16,21H,3-6,10-12H2,1-2H3. The molecule has 0 bridgehead atoms. The number of piperidine rings is 1. The lowest BCUT2D eigenvalue weighted by Crippen LogP contribution is -2.56. The summed E-state index contributed by atoms with van der Waals surface area (Å²) in [5.41, 5.74) is 0.0924. The molecular formula is C17H25ClFNO. The van der Waals surface area contributed by atoms with Crippen LogP contribution >= 0.6 is 11.6 Å². The SMILES string of the molecule is CCC(C)(C(O)Cc1c(F)cccc1Cl)N1CCCCC1. The maximum absolute atomic E-state index is 13.9. The van der Waals surface area contributed by atoms with E-state index < -0.39 is 6.10 Å². The van der Waals surface area contributed by atoms with Crippen LogP contribution in [0, 0.1) is 5.82 Å². The van der Waals surface area contributed by atoms with Gasteiger partial charge < -0.3 is 5.11 Å². The van der Waals surface area contributed by atoms with E-state index in [9.17, 15) is 9.50 Å². The van der Waals surface area contributed by atoms with Crippen molar-refractivity contribution in [2.45, 2.75) is 57.6 Å². The van der Waals surface area contributed by atoms with E-state index in [-0.39, 0.29) is 17.8 Å². The molecule has 1 aromatic rings. The molecule has 0 aliphatic carbocycles. The van der Waals surface area contributed by atoms with Crippen LogP contribution in [0.3, 0.4) is 0 Å². The van der Waals surface area contributed by atoms with Gasteiger partial charge in [-0.05, 0) is 51.4 Å². The minimum absolute atomic E-state index is 0.256. The molecule has 0 aromatic heterocycles. The van der Waals surface area contributed by atoms with Crippen molar-refractivity contribution in [2.24, 2.45) is 0 Å². The molecule has 1 aromatic carbocycles. The predicted octanol–water partition coefficient (Wildman–Crippen LogP) is 4.04. The van der Waals surface area contributed by atoms with Crippen LogP contribution in [0.5, 0.6) is 0 Å². The molecule has 2 atom stereocenters. The first-order valence-corrected chi connectivity index (χ1v) is 8.23. The van der Waals surface area contributed by atoms with Gasteiger partial charge in [-0.15, -0.1) is 0 Å². The van der Waals surface area contributed by atoms with Crippen molar-refractivity contribution in [1.82, 2.24) is 4.90 Å². The molecule has 1 N–H and O–H groups in total. The molecule has 1 fully saturated rings. The van der Waals surface area contributed by atoms with Gasteiger partial charge >= 0.3 is 0 Å². The normalized spacial score (nSPS) is 21.0. The highest BCUT2D eigenvalue weighted by Crippen LogP contribution is 2.31. The van der Waals surface area contributed by atoms with Crippen molar-refractivity contribution in [3.05, 3.63) is 34.6 Å². The maximum Gasteiger partial charge on any atom is 0.127 e. The average Bonchev–Trinajstić information content (AvgIpc) is 2.51. The van der Waals surface area contributed by atoms with Crippen molar-refractivity contribution in [1.29, 1.82) is 0 Å². The van der Waals surface area contributed by atoms with Crippen LogP contribution in [-0.4, -0.2) is 34.7 Å². The molecule has 4 heteroatoms. The molecule has 1 heterocycles. The summed E-state index contributed by atoms with van der Waals surface area (Å²) in [6, 6.07) is 4.67. The van der Waals surface area contributed by atoms with Crippen LogP contribution in [0.25, 0.3) is 0 Å². The van der Waals surface area contributed by atoms with Gasteiger partial charge in [-0.2, -0.15) is 0 Å². The van der Waals surface area contributed by atoms with E-state index in [1.807, 2.05) is 0 Å². The van der Waals surface area contributed by atoms with Crippen molar-refractivity contribution < 1.29 is 9.50 Å². The Morgan fingerprint density at radius 2 is 2.00 bits per heavy atom. The summed E-state index contributed by atoms with van der Waals surface area (Å²) in [5, 5.41) is 11.2. The molecule has 2 rings (SSSR count). The fourth-order valence-electron chi connectivity index (χ4n) is 3.22. The third-order valence-electron chi connectivity index (χ3n) is 4.97. The smallest absolute Gasteiger partial charge is 0.127 e. The minimum atomic E-state index is -0.630. The van der Waals surface area contributed by atoms with E-state index in [0.29, 0.717) is 10.6 Å². The average molecular weight is 314 g/mol. The lowest BCUT2D eigenvalue weighted by atomic mass is 9.84. The lowest BCUT2D eigenvalue weighted by molar-refractivity contribution is -0.0331. The number of likely N-dealkylation sites (tertiary alicyclic amines) is 1. The molecule has 1 aliphatic rings. The molecule has 0 radical (unpaired) electrons. The van der Waals surface area contributed by atoms with Gasteiger partial charge in [0.1, 0.15) is 5.82 Å². The number of benzene rings is 1. The molecule has 0 spiro atoms. The summed E-state index contributed by atoms with van der Waals surface area (Å²) in [6.07, 6.45) is 4.05. The lowest BCUT2D eigenvalue weighted by Gasteiger charge is -2.46. The minimum Gasteiger partial charge on any atom is -0.391 e. The molecule has 0 amide bonds. The van der Waals surface area contributed by atoms with Crippen LogP contribution in [0.2, 0.25) is 5.02 Å². The summed E-state index contributed by atoms with van der Waals surface area (Å²) in [5.74, 6) is -0.335. The first-order valence-electron chi connectivity index (χ1n) is 7.85. The summed E-state index contributed by atoms with van der Waals surface area (Å²) in [7, 11) is 0. The van der Waals surface area contributed by atoms with Gasteiger partial charge in [0.2, 0.25) is 0 Å². The van der Waals surface area contributed by atoms with Gasteiger partial charge in [0.05, 0.1) is 6.10 Å². The zero-order valence-electron chi connectivity index (χ0n) is 12.9. The topological polar surface area (TPSA) is 23.5 Å². The van der Waals surface area contributed by atoms with Crippen molar-refractivity contribution in [2.75, 3.05) is 13.1 Å². The Labute approximate surface area is 131 Å². The molecule has 1 saturated heterocycles. The number of hydrogen-bond acceptors (Lipinski definition) is 2. The van der Waals surface area contributed by atoms with Gasteiger partial charge in [0, 0.05) is 22.5 Å². The second kappa shape index (κ2) is 7.08. The second-order valence-corrected chi connectivity index (χ2v) is 6.59. The molecule has 118 valence electrons. The van der Waals surface area contributed by atoms with Gasteiger partial charge in [0.25, 0.3) is 0 Å². The van der Waals surface area contributed by atoms with Crippen molar-refractivity contribution >= 4 is 11.6 Å². The van der Waals surface area contributed by atoms with E-state index in [1.165, 1.54) is 25.3 Å². The zero-order valence-corrected chi connectivity index (χ0v) is 13.7. The van der Waals surface area contributed by atoms with Gasteiger partial charge in [0.15, 0.2) is 0 Å². The second-order valence-electron chi connectivity index (χ2n) is 6.18. The maximum atomic E-state index is 13.9. The largest absolute Gasteiger partial charge is 0.391 e. The zero-order chi connectivity index (χ0) is 15.5. The Morgan fingerprint density at radius 3 is 2.57 bits per heavy atom. The number of rotatable bonds is 5. The number of nitrogens with zero attached hydrogens (tertiary/aromatic N) is 1. The van der Waals surface area contributed by atoms with E-state index >= 15 is 0 Å². The molecular weight excluding hydrogens is 289 g/mol. The number of aliphatic hydroxyl groups is 1. The number of hydrogen-bond donors (Lipinski definition) is 1. The Hall–Kier alpha value is -0.640. The number of aliphatic hydroxyl groups excluding tert-OH is 1. The monoisotopic (exact) mass is 313 g/mol. The molecule has 0 saturated carbocycles. The van der Waals surface area contributed by atoms with Crippen molar-refractivity contribution in [3.63, 3.8) is 0 Å². The summed E-state index contributed by atoms with van der Waals surface area (Å²) >= 11 is 6.09. The summed E-state index contributed by atoms with van der Waals surface area (Å²) < 4.78 is 13.9. The molecule has 2 nitrogen and oxygen atoms in total. The van der Waals surface area contributed by atoms with Crippen LogP contribution in [0.15, 0.2) is 18.2 Å². The Balaban J connectivity index is 2.17. The van der Waals surface area contributed by atoms with E-state index in [4.69, 9.17) is 11.6 Å². The Morgan fingerprint density at radius 1 is 1.33 bits per heavy atom. The fourth-order valence-corrected chi connectivity index (χ4v) is 3.46. The van der Waals surface area contributed by atoms with Crippen LogP contribution in [-0.2, 0) is 6.42 Å². The van der Waals surface area contributed by atoms with E-state index in [0.717, 1.165) is 19.5 Å². The number of halogens is 2. The first kappa shape index (κ1) is 16.7. The summed E-state index contributed by atoms with van der Waals surface area (Å²) in [6.45, 7) is 6.18.